The maximum Gasteiger partial charge on any atom is 0.0661 e. The van der Waals surface area contributed by atoms with Crippen LogP contribution in [0.25, 0.3) is 0 Å². The molecule has 0 aromatic rings. The SMILES string of the molecule is CCC1(CC)CC1C#N. The number of rotatable bonds is 2. The van der Waals surface area contributed by atoms with Crippen molar-refractivity contribution in [3.8, 4) is 6.07 Å². The van der Waals surface area contributed by atoms with Gasteiger partial charge in [-0.2, -0.15) is 5.26 Å². The molecule has 50 valence electrons. The fourth-order valence-electron chi connectivity index (χ4n) is 1.56. The van der Waals surface area contributed by atoms with E-state index in [2.05, 4.69) is 19.9 Å². The molecule has 0 saturated heterocycles. The van der Waals surface area contributed by atoms with Crippen LogP contribution in [0.1, 0.15) is 33.1 Å². The smallest absolute Gasteiger partial charge is 0.0661 e. The Labute approximate surface area is 56.7 Å². The summed E-state index contributed by atoms with van der Waals surface area (Å²) in [5, 5.41) is 8.55. The molecule has 9 heavy (non-hydrogen) atoms. The van der Waals surface area contributed by atoms with E-state index in [0.717, 1.165) is 6.42 Å². The van der Waals surface area contributed by atoms with Crippen LogP contribution in [-0.4, -0.2) is 0 Å². The van der Waals surface area contributed by atoms with Crippen molar-refractivity contribution in [2.24, 2.45) is 11.3 Å². The molecule has 1 heteroatoms. The van der Waals surface area contributed by atoms with Crippen LogP contribution in [0.4, 0.5) is 0 Å². The van der Waals surface area contributed by atoms with E-state index in [4.69, 9.17) is 5.26 Å². The summed E-state index contributed by atoms with van der Waals surface area (Å²) in [6.07, 6.45) is 3.51. The molecular weight excluding hydrogens is 110 g/mol. The number of hydrogen-bond donors (Lipinski definition) is 0. The summed E-state index contributed by atoms with van der Waals surface area (Å²) in [7, 11) is 0. The zero-order valence-electron chi connectivity index (χ0n) is 6.15. The van der Waals surface area contributed by atoms with Crippen molar-refractivity contribution in [3.05, 3.63) is 0 Å². The minimum atomic E-state index is 0.382. The Morgan fingerprint density at radius 1 is 1.56 bits per heavy atom. The van der Waals surface area contributed by atoms with Gasteiger partial charge in [-0.25, -0.2) is 0 Å². The summed E-state index contributed by atoms with van der Waals surface area (Å²) in [5.41, 5.74) is 0.439. The molecule has 0 bridgehead atoms. The van der Waals surface area contributed by atoms with Gasteiger partial charge in [-0.1, -0.05) is 13.8 Å². The molecule has 0 aromatic heterocycles. The average Bonchev–Trinajstić information content (AvgIpc) is 2.63. The largest absolute Gasteiger partial charge is 0.198 e. The molecule has 1 atom stereocenters. The predicted molar refractivity (Wildman–Crippen MR) is 36.7 cm³/mol. The van der Waals surface area contributed by atoms with Gasteiger partial charge in [0.05, 0.1) is 12.0 Å². The molecule has 0 radical (unpaired) electrons. The number of hydrogen-bond acceptors (Lipinski definition) is 1. The van der Waals surface area contributed by atoms with Crippen LogP contribution in [0.3, 0.4) is 0 Å². The predicted octanol–water partition coefficient (Wildman–Crippen LogP) is 2.34. The van der Waals surface area contributed by atoms with Gasteiger partial charge in [-0.3, -0.25) is 0 Å². The van der Waals surface area contributed by atoms with Gasteiger partial charge in [0.1, 0.15) is 0 Å². The Kier molecular flexibility index (Phi) is 1.48. The maximum absolute atomic E-state index is 8.55. The quantitative estimate of drug-likeness (QED) is 0.553. The molecule has 0 heterocycles. The second-order valence-corrected chi connectivity index (χ2v) is 2.96. The molecule has 0 aliphatic heterocycles. The van der Waals surface area contributed by atoms with E-state index in [1.54, 1.807) is 0 Å². The van der Waals surface area contributed by atoms with Crippen molar-refractivity contribution >= 4 is 0 Å². The lowest BCUT2D eigenvalue weighted by atomic mass is 9.98. The minimum absolute atomic E-state index is 0.382. The lowest BCUT2D eigenvalue weighted by Gasteiger charge is -2.06. The molecule has 1 fully saturated rings. The van der Waals surface area contributed by atoms with Crippen molar-refractivity contribution in [3.63, 3.8) is 0 Å². The van der Waals surface area contributed by atoms with Gasteiger partial charge in [0.15, 0.2) is 0 Å². The van der Waals surface area contributed by atoms with Crippen LogP contribution in [-0.2, 0) is 0 Å². The van der Waals surface area contributed by atoms with Crippen LogP contribution in [0.2, 0.25) is 0 Å². The zero-order valence-corrected chi connectivity index (χ0v) is 6.15. The lowest BCUT2D eigenvalue weighted by molar-refractivity contribution is 0.449. The Morgan fingerprint density at radius 2 is 2.11 bits per heavy atom. The van der Waals surface area contributed by atoms with E-state index >= 15 is 0 Å². The van der Waals surface area contributed by atoms with Gasteiger partial charge >= 0.3 is 0 Å². The molecule has 1 rings (SSSR count). The Bertz CT molecular complexity index is 139. The van der Waals surface area contributed by atoms with Crippen LogP contribution < -0.4 is 0 Å². The van der Waals surface area contributed by atoms with Crippen molar-refractivity contribution in [2.45, 2.75) is 33.1 Å². The van der Waals surface area contributed by atoms with Crippen molar-refractivity contribution in [2.75, 3.05) is 0 Å². The highest BCUT2D eigenvalue weighted by Crippen LogP contribution is 2.57. The molecular formula is C8H13N. The summed E-state index contributed by atoms with van der Waals surface area (Å²) in [5.74, 6) is 0.382. The second kappa shape index (κ2) is 2.02. The molecule has 1 nitrogen and oxygen atoms in total. The highest BCUT2D eigenvalue weighted by atomic mass is 14.5. The first-order chi connectivity index (χ1) is 4.29. The zero-order chi connectivity index (χ0) is 6.91. The first-order valence-electron chi connectivity index (χ1n) is 3.68. The van der Waals surface area contributed by atoms with E-state index in [9.17, 15) is 0 Å². The van der Waals surface area contributed by atoms with Crippen molar-refractivity contribution in [1.29, 1.82) is 5.26 Å². The first-order valence-corrected chi connectivity index (χ1v) is 3.68. The molecule has 0 N–H and O–H groups in total. The average molecular weight is 123 g/mol. The third kappa shape index (κ3) is 0.830. The molecule has 0 amide bonds. The molecule has 0 aromatic carbocycles. The third-order valence-electron chi connectivity index (χ3n) is 2.75. The normalized spacial score (nSPS) is 29.2. The van der Waals surface area contributed by atoms with Gasteiger partial charge in [-0.15, -0.1) is 0 Å². The molecule has 0 spiro atoms. The van der Waals surface area contributed by atoms with E-state index in [1.807, 2.05) is 0 Å². The fraction of sp³-hybridized carbons (Fsp3) is 0.875. The monoisotopic (exact) mass is 123 g/mol. The highest BCUT2D eigenvalue weighted by Gasteiger charge is 2.51. The van der Waals surface area contributed by atoms with Gasteiger partial charge in [0.2, 0.25) is 0 Å². The summed E-state index contributed by atoms with van der Waals surface area (Å²) in [6, 6.07) is 2.33. The summed E-state index contributed by atoms with van der Waals surface area (Å²) >= 11 is 0. The third-order valence-corrected chi connectivity index (χ3v) is 2.75. The molecule has 1 aliphatic rings. The standard InChI is InChI=1S/C8H13N/c1-3-8(4-2)5-7(8)6-9/h7H,3-5H2,1-2H3. The van der Waals surface area contributed by atoms with Crippen molar-refractivity contribution < 1.29 is 0 Å². The van der Waals surface area contributed by atoms with Crippen LogP contribution in [0.15, 0.2) is 0 Å². The minimum Gasteiger partial charge on any atom is -0.198 e. The number of nitriles is 1. The molecule has 1 saturated carbocycles. The van der Waals surface area contributed by atoms with E-state index in [0.29, 0.717) is 11.3 Å². The Morgan fingerprint density at radius 3 is 2.22 bits per heavy atom. The first kappa shape index (κ1) is 6.61. The van der Waals surface area contributed by atoms with Gasteiger partial charge in [-0.05, 0) is 24.7 Å². The Hall–Kier alpha value is -0.510. The molecule has 1 aliphatic carbocycles. The Balaban J connectivity index is 2.49. The summed E-state index contributed by atoms with van der Waals surface area (Å²) in [6.45, 7) is 4.36. The van der Waals surface area contributed by atoms with E-state index < -0.39 is 0 Å². The van der Waals surface area contributed by atoms with Crippen molar-refractivity contribution in [1.82, 2.24) is 0 Å². The fourth-order valence-corrected chi connectivity index (χ4v) is 1.56. The summed E-state index contributed by atoms with van der Waals surface area (Å²) in [4.78, 5) is 0. The maximum atomic E-state index is 8.55. The highest BCUT2D eigenvalue weighted by molar-refractivity contribution is 5.11. The number of nitrogens with zero attached hydrogens (tertiary/aromatic N) is 1. The van der Waals surface area contributed by atoms with Gasteiger partial charge in [0.25, 0.3) is 0 Å². The summed E-state index contributed by atoms with van der Waals surface area (Å²) < 4.78 is 0. The topological polar surface area (TPSA) is 23.8 Å². The van der Waals surface area contributed by atoms with Gasteiger partial charge < -0.3 is 0 Å². The lowest BCUT2D eigenvalue weighted by Crippen LogP contribution is -1.98. The van der Waals surface area contributed by atoms with Gasteiger partial charge in [0, 0.05) is 0 Å². The van der Waals surface area contributed by atoms with E-state index in [-0.39, 0.29) is 0 Å². The second-order valence-electron chi connectivity index (χ2n) is 2.96. The van der Waals surface area contributed by atoms with Crippen LogP contribution in [0.5, 0.6) is 0 Å². The van der Waals surface area contributed by atoms with Crippen LogP contribution in [0, 0.1) is 22.7 Å². The van der Waals surface area contributed by atoms with Crippen LogP contribution >= 0.6 is 0 Å². The molecule has 1 unspecified atom stereocenters. The van der Waals surface area contributed by atoms with E-state index in [1.165, 1.54) is 12.8 Å².